The summed E-state index contributed by atoms with van der Waals surface area (Å²) in [6, 6.07) is 15.5. The molecule has 0 spiro atoms. The highest BCUT2D eigenvalue weighted by Crippen LogP contribution is 2.46. The summed E-state index contributed by atoms with van der Waals surface area (Å²) in [4.78, 5) is 27.2. The highest BCUT2D eigenvalue weighted by atomic mass is 35.5. The number of ketones is 1. The van der Waals surface area contributed by atoms with Crippen molar-refractivity contribution in [1.29, 1.82) is 0 Å². The lowest BCUT2D eigenvalue weighted by Gasteiger charge is -2.37. The van der Waals surface area contributed by atoms with Crippen LogP contribution in [0.1, 0.15) is 74.8 Å². The zero-order valence-electron chi connectivity index (χ0n) is 19.8. The lowest BCUT2D eigenvalue weighted by Crippen LogP contribution is -2.37. The van der Waals surface area contributed by atoms with E-state index in [1.807, 2.05) is 31.2 Å². The van der Waals surface area contributed by atoms with E-state index in [1.54, 1.807) is 12.1 Å². The minimum absolute atomic E-state index is 0.0409. The predicted octanol–water partition coefficient (Wildman–Crippen LogP) is 7.23. The summed E-state index contributed by atoms with van der Waals surface area (Å²) >= 11 is 12.6. The van der Waals surface area contributed by atoms with Crippen LogP contribution in [-0.4, -0.2) is 17.9 Å². The second-order valence-electron chi connectivity index (χ2n) is 9.77. The van der Waals surface area contributed by atoms with E-state index in [0.717, 1.165) is 48.2 Å². The number of allylic oxidation sites excluding steroid dienone is 3. The zero-order chi connectivity index (χ0) is 24.5. The van der Waals surface area contributed by atoms with E-state index in [0.29, 0.717) is 34.0 Å². The van der Waals surface area contributed by atoms with Crippen LogP contribution in [0.2, 0.25) is 10.0 Å². The average molecular weight is 510 g/mol. The van der Waals surface area contributed by atoms with Crippen LogP contribution in [0.5, 0.6) is 0 Å². The van der Waals surface area contributed by atoms with Crippen molar-refractivity contribution < 1.29 is 14.3 Å². The number of hydrogen-bond donors (Lipinski definition) is 1. The Morgan fingerprint density at radius 2 is 1.69 bits per heavy atom. The molecular weight excluding hydrogens is 481 g/mol. The average Bonchev–Trinajstić information content (AvgIpc) is 2.86. The summed E-state index contributed by atoms with van der Waals surface area (Å²) in [7, 11) is 0. The van der Waals surface area contributed by atoms with Crippen molar-refractivity contribution in [2.75, 3.05) is 0 Å². The minimum Gasteiger partial charge on any atom is -0.459 e. The van der Waals surface area contributed by atoms with E-state index in [1.165, 1.54) is 6.42 Å². The molecule has 182 valence electrons. The van der Waals surface area contributed by atoms with E-state index >= 15 is 0 Å². The third-order valence-electron chi connectivity index (χ3n) is 7.42. The van der Waals surface area contributed by atoms with E-state index in [9.17, 15) is 9.59 Å². The van der Waals surface area contributed by atoms with Crippen LogP contribution in [0, 0.1) is 0 Å². The molecule has 2 aliphatic carbocycles. The molecule has 1 heterocycles. The topological polar surface area (TPSA) is 55.4 Å². The number of esters is 1. The number of carbonyl (C=O) groups is 2. The molecule has 2 unspecified atom stereocenters. The van der Waals surface area contributed by atoms with Crippen LogP contribution in [0.4, 0.5) is 0 Å². The minimum atomic E-state index is -0.540. The molecule has 2 aromatic carbocycles. The van der Waals surface area contributed by atoms with E-state index in [2.05, 4.69) is 17.4 Å². The van der Waals surface area contributed by atoms with Crippen LogP contribution >= 0.6 is 23.2 Å². The lowest BCUT2D eigenvalue weighted by atomic mass is 9.71. The highest BCUT2D eigenvalue weighted by molar-refractivity contribution is 6.42. The monoisotopic (exact) mass is 509 g/mol. The summed E-state index contributed by atoms with van der Waals surface area (Å²) in [6.07, 6.45) is 6.10. The molecular formula is C29H29Cl2NO3. The fourth-order valence-electron chi connectivity index (χ4n) is 5.69. The summed E-state index contributed by atoms with van der Waals surface area (Å²) in [5.41, 5.74) is 4.63. The van der Waals surface area contributed by atoms with Crippen molar-refractivity contribution in [3.05, 3.63) is 92.2 Å². The number of carbonyl (C=O) groups excluding carboxylic acids is 2. The molecule has 3 aliphatic rings. The predicted molar refractivity (Wildman–Crippen MR) is 138 cm³/mol. The molecule has 2 atom stereocenters. The van der Waals surface area contributed by atoms with Gasteiger partial charge in [0.25, 0.3) is 0 Å². The van der Waals surface area contributed by atoms with Crippen LogP contribution in [-0.2, 0) is 14.3 Å². The SMILES string of the molecule is CC1=C(C(=O)OC2CCCCC2)C(c2ccc(Cl)c(Cl)c2)C2=C(CC(c3ccccc3)CC2=O)N1. The quantitative estimate of drug-likeness (QED) is 0.441. The maximum Gasteiger partial charge on any atom is 0.337 e. The molecule has 1 aliphatic heterocycles. The first-order valence-electron chi connectivity index (χ1n) is 12.4. The number of halogens is 2. The molecule has 4 nitrogen and oxygen atoms in total. The van der Waals surface area contributed by atoms with Gasteiger partial charge in [0.1, 0.15) is 6.10 Å². The first kappa shape index (κ1) is 24.1. The van der Waals surface area contributed by atoms with Crippen molar-refractivity contribution in [2.24, 2.45) is 0 Å². The Hall–Kier alpha value is -2.56. The first-order chi connectivity index (χ1) is 16.9. The molecule has 35 heavy (non-hydrogen) atoms. The largest absolute Gasteiger partial charge is 0.459 e. The summed E-state index contributed by atoms with van der Waals surface area (Å²) in [6.45, 7) is 1.89. The molecule has 0 aromatic heterocycles. The number of benzene rings is 2. The maximum atomic E-state index is 13.7. The maximum absolute atomic E-state index is 13.7. The number of ether oxygens (including phenoxy) is 1. The molecule has 2 aromatic rings. The fraction of sp³-hybridized carbons (Fsp3) is 0.379. The van der Waals surface area contributed by atoms with Gasteiger partial charge in [-0.2, -0.15) is 0 Å². The summed E-state index contributed by atoms with van der Waals surface area (Å²) in [5, 5.41) is 4.25. The molecule has 0 amide bonds. The number of hydrogen-bond acceptors (Lipinski definition) is 4. The van der Waals surface area contributed by atoms with Crippen molar-refractivity contribution in [2.45, 2.75) is 69.8 Å². The van der Waals surface area contributed by atoms with Gasteiger partial charge < -0.3 is 10.1 Å². The third-order valence-corrected chi connectivity index (χ3v) is 8.16. The highest BCUT2D eigenvalue weighted by Gasteiger charge is 2.42. The number of rotatable bonds is 4. The zero-order valence-corrected chi connectivity index (χ0v) is 21.3. The molecule has 1 saturated carbocycles. The Labute approximate surface area is 216 Å². The van der Waals surface area contributed by atoms with Crippen molar-refractivity contribution in [3.63, 3.8) is 0 Å². The van der Waals surface area contributed by atoms with Crippen LogP contribution in [0.25, 0.3) is 0 Å². The van der Waals surface area contributed by atoms with Crippen LogP contribution < -0.4 is 5.32 Å². The van der Waals surface area contributed by atoms with Crippen molar-refractivity contribution >= 4 is 35.0 Å². The number of nitrogens with one attached hydrogen (secondary N) is 1. The van der Waals surface area contributed by atoms with Crippen molar-refractivity contribution in [1.82, 2.24) is 5.32 Å². The Balaban J connectivity index is 1.55. The molecule has 0 saturated heterocycles. The Bertz CT molecular complexity index is 1210. The molecule has 1 fully saturated rings. The number of Topliss-reactive ketones (excluding diaryl/α,β-unsaturated/α-hetero) is 1. The Morgan fingerprint density at radius 1 is 0.943 bits per heavy atom. The third kappa shape index (κ3) is 4.92. The fourth-order valence-corrected chi connectivity index (χ4v) is 6.00. The first-order valence-corrected chi connectivity index (χ1v) is 13.1. The summed E-state index contributed by atoms with van der Waals surface area (Å²) < 4.78 is 5.98. The van der Waals surface area contributed by atoms with Gasteiger partial charge in [0, 0.05) is 29.3 Å². The Morgan fingerprint density at radius 3 is 2.40 bits per heavy atom. The molecule has 6 heteroatoms. The Kier molecular flexibility index (Phi) is 7.04. The molecule has 0 radical (unpaired) electrons. The van der Waals surface area contributed by atoms with Gasteiger partial charge in [0.2, 0.25) is 0 Å². The lowest BCUT2D eigenvalue weighted by molar-refractivity contribution is -0.146. The summed E-state index contributed by atoms with van der Waals surface area (Å²) in [5.74, 6) is -0.768. The van der Waals surface area contributed by atoms with Gasteiger partial charge >= 0.3 is 5.97 Å². The standard InChI is InChI=1S/C29H29Cl2NO3/c1-17-26(29(34)35-21-10-6-3-7-11-21)27(19-12-13-22(30)23(31)14-19)28-24(32-17)15-20(16-25(28)33)18-8-4-2-5-9-18/h2,4-5,8-9,12-14,20-21,27,32H,3,6-7,10-11,15-16H2,1H3. The molecule has 1 N–H and O–H groups in total. The van der Waals surface area contributed by atoms with Crippen LogP contribution in [0.3, 0.4) is 0 Å². The second kappa shape index (κ2) is 10.2. The van der Waals surface area contributed by atoms with Gasteiger partial charge in [0.05, 0.1) is 15.6 Å². The van der Waals surface area contributed by atoms with Gasteiger partial charge in [-0.15, -0.1) is 0 Å². The molecule has 5 rings (SSSR count). The van der Waals surface area contributed by atoms with Gasteiger partial charge in [0.15, 0.2) is 5.78 Å². The van der Waals surface area contributed by atoms with E-state index < -0.39 is 5.92 Å². The van der Waals surface area contributed by atoms with Crippen LogP contribution in [0.15, 0.2) is 71.1 Å². The van der Waals surface area contributed by atoms with E-state index in [-0.39, 0.29) is 23.8 Å². The second-order valence-corrected chi connectivity index (χ2v) is 10.6. The smallest absolute Gasteiger partial charge is 0.337 e. The number of dihydropyridines is 1. The molecule has 0 bridgehead atoms. The van der Waals surface area contributed by atoms with Gasteiger partial charge in [-0.3, -0.25) is 4.79 Å². The normalized spacial score (nSPS) is 23.1. The van der Waals surface area contributed by atoms with E-state index in [4.69, 9.17) is 27.9 Å². The van der Waals surface area contributed by atoms with Gasteiger partial charge in [-0.25, -0.2) is 4.79 Å². The van der Waals surface area contributed by atoms with Crippen molar-refractivity contribution in [3.8, 4) is 0 Å². The van der Waals surface area contributed by atoms with Gasteiger partial charge in [-0.1, -0.05) is 66.0 Å². The van der Waals surface area contributed by atoms with Gasteiger partial charge in [-0.05, 0) is 68.2 Å².